The second-order valence-corrected chi connectivity index (χ2v) is 47.8. The van der Waals surface area contributed by atoms with Gasteiger partial charge >= 0.3 is 36.7 Å². The van der Waals surface area contributed by atoms with Crippen LogP contribution < -0.4 is 16.7 Å². The summed E-state index contributed by atoms with van der Waals surface area (Å²) >= 11 is 4.15. The number of thioether (sulfide) groups is 4. The molecule has 4 fully saturated rings. The van der Waals surface area contributed by atoms with Crippen LogP contribution >= 0.6 is 78.0 Å². The second kappa shape index (κ2) is 47.5. The number of pyridine rings is 1. The molecule has 0 spiro atoms. The molecule has 11 N–H and O–H groups in total. The van der Waals surface area contributed by atoms with E-state index in [-0.39, 0.29) is 103 Å². The highest BCUT2D eigenvalue weighted by Gasteiger charge is 2.59. The zero-order valence-corrected chi connectivity index (χ0v) is 86.0. The number of nitrogens with zero attached hydrogens (tertiary/aromatic N) is 14. The first-order valence-corrected chi connectivity index (χ1v) is 52.7. The van der Waals surface area contributed by atoms with Crippen LogP contribution in [0.25, 0.3) is 45.1 Å². The number of hydrogen-bond donors (Lipinski definition) is 10. The van der Waals surface area contributed by atoms with E-state index in [4.69, 9.17) is 73.7 Å². The molecule has 6 aliphatic rings. The lowest BCUT2D eigenvalue weighted by Crippen LogP contribution is -2.46. The SMILES string of the molecule is C#Cc1cn([C@@H]2O[C@H](COP(=O)(OCCSC(C)=O)N(C)C)[C@@H](O)[C@@]2(C)O)c2ncnc(N)c12.C#Cc1cn([C@@H]2O[C@H](COP(=O)(OCCSC(C)=O)N(C)C)[C@@H](O)[C@@]2(C)O)c2ncnc(NC)c12.CC(=O)SCCOP(=O)(OC[C@H]1O[C@@H](n2cc3c(nc2=O)CC(=O)C=C3)[C@](C)(O)[C@@H]1O)N(C)C.CC(=O)SCCOP(=O)(OC[C@H]1O[C@@H](n2cc3c4c(nccc42)CC(=O)C=C3)[C@](C)(O)[C@@H]1O)N(C)C. The van der Waals surface area contributed by atoms with E-state index in [0.717, 1.165) is 62.6 Å². The molecule has 0 radical (unpaired) electrons. The number of ketones is 2. The van der Waals surface area contributed by atoms with Gasteiger partial charge in [-0.1, -0.05) is 58.9 Å². The molecule has 11 heterocycles. The first-order chi connectivity index (χ1) is 65.2. The van der Waals surface area contributed by atoms with E-state index in [0.29, 0.717) is 78.7 Å². The average molecular weight is 2100 g/mol. The monoisotopic (exact) mass is 2100 g/mol. The fraction of sp³-hybridized carbons (Fsp3) is 0.560. The molecule has 4 saturated heterocycles. The normalized spacial score (nSPS) is 27.1. The van der Waals surface area contributed by atoms with E-state index in [1.54, 1.807) is 42.3 Å². The number of carbonyl (C=O) groups excluding carboxylic acids is 6. The van der Waals surface area contributed by atoms with Crippen LogP contribution in [-0.2, 0) is 115 Å². The van der Waals surface area contributed by atoms with Gasteiger partial charge in [0.2, 0.25) is 0 Å². The van der Waals surface area contributed by atoms with Gasteiger partial charge in [-0.2, -0.15) is 4.98 Å². The lowest BCUT2D eigenvalue weighted by molar-refractivity contribution is -0.114. The molecule has 139 heavy (non-hydrogen) atoms. The number of nitrogens with one attached hydrogen (secondary N) is 1. The Kier molecular flexibility index (Phi) is 38.7. The van der Waals surface area contributed by atoms with Gasteiger partial charge in [-0.15, -0.1) is 12.8 Å². The van der Waals surface area contributed by atoms with Crippen molar-refractivity contribution in [3.05, 3.63) is 106 Å². The molecular formula is C84H116N16O31P4S4. The van der Waals surface area contributed by atoms with Crippen molar-refractivity contribution >= 4 is 167 Å². The average Bonchev–Trinajstić information content (AvgIpc) is 1.55. The van der Waals surface area contributed by atoms with Crippen molar-refractivity contribution in [2.45, 2.75) is 164 Å². The van der Waals surface area contributed by atoms with E-state index in [1.807, 2.05) is 0 Å². The number of nitrogen functional groups attached to an aromatic ring is 1. The molecule has 0 amide bonds. The molecule has 0 saturated carbocycles. The molecule has 2 aliphatic carbocycles. The number of anilines is 2. The van der Waals surface area contributed by atoms with E-state index in [9.17, 15) is 92.7 Å². The molecule has 47 nitrogen and oxygen atoms in total. The first kappa shape index (κ1) is 113. The standard InChI is InChI=1S/C23H30N3O8PS.C21H30N5O7PS.C20H28N5O7PS.C20H28N3O9PS/c1-14(27)36-10-9-32-35(31,25(3)4)33-13-19-21(29)23(2,30)22(34-19)26-12-15-5-6-16(28)11-17-20(15)18(26)7-8-24-17;1-7-14-10-26(19-16(14)18(22-4)23-12-24-19)20-21(3,29)17(28)15(33-20)11-32-34(30,25(5)6)31-8-9-35-13(2)27;1-6-13-9-25(18-15(13)17(21)22-11-23-18)19-20(3,28)16(27)14(32-19)10-31-33(29,24(4)5)30-7-8-34-12(2)26;1-12(24)34-8-7-30-33(29,22(3)4)31-11-16-17(26)20(2,28)18(32-16)23-10-13-5-6-14(25)9-15(13)21-19(23)27/h5-8,12,19,21-22,29-30H,9-11,13H2,1-4H3;1,10,12,15,17,20,28-29H,8-9,11H2,2-6H3,(H,22,23,24);1,9,11,14,16,19,27-28H,7-8,10H2,2-5H3,(H2,21,22,23);5-6,10,16-18,26,28H,7-9,11H2,1-4H3/t19-,21-,22-,23-,35?;15-,17-,20-,21-,34?;14-,16-,19-,20-,33?;16-,17-,18-,20-,33?/m1111/s1. The molecular weight excluding hydrogens is 1980 g/mol. The Morgan fingerprint density at radius 3 is 1.17 bits per heavy atom. The topological polar surface area (TPSA) is 608 Å². The summed E-state index contributed by atoms with van der Waals surface area (Å²) in [5, 5.41) is 92.1. The summed E-state index contributed by atoms with van der Waals surface area (Å²) < 4.78 is 131. The smallest absolute Gasteiger partial charge is 0.387 e. The predicted molar refractivity (Wildman–Crippen MR) is 516 cm³/mol. The minimum absolute atomic E-state index is 0.00629. The number of hydrogen-bond acceptors (Lipinski definition) is 43. The van der Waals surface area contributed by atoms with Crippen molar-refractivity contribution in [2.75, 3.05) is 150 Å². The molecule has 20 atom stereocenters. The van der Waals surface area contributed by atoms with Gasteiger partial charge in [0.25, 0.3) is 0 Å². The summed E-state index contributed by atoms with van der Waals surface area (Å²) in [7, 11) is -1.18. The van der Waals surface area contributed by atoms with Gasteiger partial charge in [-0.3, -0.25) is 74.5 Å². The number of aromatic nitrogens is 10. The Morgan fingerprint density at radius 1 is 0.475 bits per heavy atom. The molecule has 762 valence electrons. The van der Waals surface area contributed by atoms with Gasteiger partial charge in [0, 0.05) is 105 Å². The Morgan fingerprint density at radius 2 is 0.806 bits per heavy atom. The number of aliphatic hydroxyl groups is 8. The summed E-state index contributed by atoms with van der Waals surface area (Å²) in [6.07, 6.45) is 13.5. The van der Waals surface area contributed by atoms with Crippen molar-refractivity contribution in [1.29, 1.82) is 0 Å². The van der Waals surface area contributed by atoms with Gasteiger partial charge in [-0.05, 0) is 114 Å². The molecule has 13 rings (SSSR count). The highest BCUT2D eigenvalue weighted by Crippen LogP contribution is 2.56. The molecule has 55 heteroatoms. The Labute approximate surface area is 817 Å². The van der Waals surface area contributed by atoms with Gasteiger partial charge in [0.1, 0.15) is 107 Å². The summed E-state index contributed by atoms with van der Waals surface area (Å²) in [6.45, 7) is 9.93. The molecule has 0 aromatic carbocycles. The zero-order valence-electron chi connectivity index (χ0n) is 79.1. The third-order valence-corrected chi connectivity index (χ3v) is 33.4. The van der Waals surface area contributed by atoms with Crippen LogP contribution in [0.5, 0.6) is 0 Å². The molecule has 0 bridgehead atoms. The third-order valence-electron chi connectivity index (χ3n) is 22.5. The number of terminal acetylenes is 2. The zero-order chi connectivity index (χ0) is 103. The molecule has 4 aliphatic heterocycles. The van der Waals surface area contributed by atoms with Crippen molar-refractivity contribution in [3.8, 4) is 24.7 Å². The van der Waals surface area contributed by atoms with Gasteiger partial charge in [-0.25, -0.2) is 61.7 Å². The number of fused-ring (bicyclic) bond motifs is 3. The second-order valence-electron chi connectivity index (χ2n) is 33.7. The summed E-state index contributed by atoms with van der Waals surface area (Å²) in [6, 6.07) is 1.76. The van der Waals surface area contributed by atoms with Crippen LogP contribution in [0.1, 0.15) is 114 Å². The Hall–Kier alpha value is -7.61. The van der Waals surface area contributed by atoms with Crippen LogP contribution in [0.2, 0.25) is 0 Å². The van der Waals surface area contributed by atoms with Crippen LogP contribution in [0.3, 0.4) is 0 Å². The van der Waals surface area contributed by atoms with Crippen molar-refractivity contribution in [1.82, 2.24) is 66.9 Å². The Balaban J connectivity index is 0.000000191. The number of rotatable bonds is 37. The van der Waals surface area contributed by atoms with Crippen LogP contribution in [-0.4, -0.2) is 350 Å². The summed E-state index contributed by atoms with van der Waals surface area (Å²) in [5.74, 6) is 6.74. The highest BCUT2D eigenvalue weighted by atomic mass is 32.2. The molecule has 4 unspecified atom stereocenters. The van der Waals surface area contributed by atoms with Crippen LogP contribution in [0, 0.1) is 24.7 Å². The number of aliphatic hydroxyl groups excluding tert-OH is 4. The van der Waals surface area contributed by atoms with Crippen LogP contribution in [0.4, 0.5) is 11.6 Å². The van der Waals surface area contributed by atoms with E-state index >= 15 is 0 Å². The van der Waals surface area contributed by atoms with Crippen molar-refractivity contribution in [3.63, 3.8) is 0 Å². The maximum absolute atomic E-state index is 13.2. The quantitative estimate of drug-likeness (QED) is 0.0139. The van der Waals surface area contributed by atoms with Gasteiger partial charge in [0.15, 0.2) is 56.9 Å². The largest absolute Gasteiger partial charge is 0.407 e. The fourth-order valence-electron chi connectivity index (χ4n) is 15.1. The molecule has 7 aromatic heterocycles. The number of ether oxygens (including phenoxy) is 4. The van der Waals surface area contributed by atoms with Crippen LogP contribution in [0.15, 0.2) is 66.7 Å². The summed E-state index contributed by atoms with van der Waals surface area (Å²) in [5.41, 5.74) is 2.53. The maximum atomic E-state index is 13.2. The predicted octanol–water partition coefficient (Wildman–Crippen LogP) is 4.97. The highest BCUT2D eigenvalue weighted by molar-refractivity contribution is 8.14. The van der Waals surface area contributed by atoms with E-state index < -0.39 is 139 Å². The van der Waals surface area contributed by atoms with Gasteiger partial charge < -0.3 is 84.6 Å². The third kappa shape index (κ3) is 26.2. The first-order valence-electron chi connectivity index (χ1n) is 42.8. The maximum Gasteiger partial charge on any atom is 0.407 e. The van der Waals surface area contributed by atoms with Crippen molar-refractivity contribution < 1.29 is 143 Å². The minimum Gasteiger partial charge on any atom is -0.387 e. The molecule has 7 aromatic rings. The number of nitrogens with two attached hydrogens (primary N) is 1. The lowest BCUT2D eigenvalue weighted by Gasteiger charge is -2.28. The Bertz CT molecular complexity index is 6080. The van der Waals surface area contributed by atoms with Crippen molar-refractivity contribution in [2.24, 2.45) is 0 Å². The summed E-state index contributed by atoms with van der Waals surface area (Å²) in [4.78, 5) is 105. The van der Waals surface area contributed by atoms with E-state index in [2.05, 4.69) is 47.1 Å². The lowest BCUT2D eigenvalue weighted by atomic mass is 9.96. The fourth-order valence-corrected chi connectivity index (χ4v) is 22.2. The number of allylic oxidation sites excluding steroid dienone is 2. The number of carbonyl (C=O) groups is 6. The van der Waals surface area contributed by atoms with E-state index in [1.165, 1.54) is 183 Å². The minimum atomic E-state index is -3.78. The van der Waals surface area contributed by atoms with Gasteiger partial charge in [0.05, 0.1) is 105 Å².